The normalized spacial score (nSPS) is 10.1. The van der Waals surface area contributed by atoms with Gasteiger partial charge in [0.2, 0.25) is 5.91 Å². The van der Waals surface area contributed by atoms with E-state index in [4.69, 9.17) is 14.2 Å². The van der Waals surface area contributed by atoms with E-state index < -0.39 is 11.9 Å². The highest BCUT2D eigenvalue weighted by Gasteiger charge is 2.11. The van der Waals surface area contributed by atoms with Crippen molar-refractivity contribution in [1.29, 1.82) is 0 Å². The van der Waals surface area contributed by atoms with Crippen LogP contribution in [0, 0.1) is 0 Å². The number of hydrogen-bond donors (Lipinski definition) is 1. The topological polar surface area (TPSA) is 90.9 Å². The van der Waals surface area contributed by atoms with Crippen molar-refractivity contribution >= 4 is 23.5 Å². The number of benzene rings is 3. The van der Waals surface area contributed by atoms with Crippen molar-refractivity contribution in [2.24, 2.45) is 0 Å². The molecule has 0 atom stereocenters. The first kappa shape index (κ1) is 21.6. The molecule has 31 heavy (non-hydrogen) atoms. The molecular weight excluding hydrogens is 398 g/mol. The zero-order chi connectivity index (χ0) is 22.2. The van der Waals surface area contributed by atoms with Crippen LogP contribution in [0.2, 0.25) is 0 Å². The van der Waals surface area contributed by atoms with E-state index in [2.05, 4.69) is 5.32 Å². The van der Waals surface area contributed by atoms with Crippen molar-refractivity contribution in [3.05, 3.63) is 83.9 Å². The van der Waals surface area contributed by atoms with Crippen molar-refractivity contribution in [3.63, 3.8) is 0 Å². The van der Waals surface area contributed by atoms with Gasteiger partial charge in [0.15, 0.2) is 0 Å². The fourth-order valence-corrected chi connectivity index (χ4v) is 2.57. The Labute approximate surface area is 179 Å². The third-order valence-corrected chi connectivity index (χ3v) is 4.30. The molecule has 0 heterocycles. The number of carbonyl (C=O) groups excluding carboxylic acids is 3. The highest BCUT2D eigenvalue weighted by Crippen LogP contribution is 2.21. The summed E-state index contributed by atoms with van der Waals surface area (Å²) in [5, 5.41) is 2.71. The number of amides is 1. The van der Waals surface area contributed by atoms with Crippen molar-refractivity contribution in [2.75, 3.05) is 12.4 Å². The van der Waals surface area contributed by atoms with Gasteiger partial charge in [-0.1, -0.05) is 6.92 Å². The molecule has 1 N–H and O–H groups in total. The second kappa shape index (κ2) is 10.1. The molecule has 3 rings (SSSR count). The molecule has 0 spiro atoms. The van der Waals surface area contributed by atoms with E-state index in [1.54, 1.807) is 62.6 Å². The van der Waals surface area contributed by atoms with E-state index in [1.807, 2.05) is 0 Å². The van der Waals surface area contributed by atoms with Gasteiger partial charge in [-0.3, -0.25) is 4.79 Å². The summed E-state index contributed by atoms with van der Waals surface area (Å²) in [7, 11) is 1.55. The second-order valence-electron chi connectivity index (χ2n) is 6.46. The Bertz CT molecular complexity index is 1060. The van der Waals surface area contributed by atoms with E-state index in [9.17, 15) is 14.4 Å². The van der Waals surface area contributed by atoms with Crippen LogP contribution < -0.4 is 19.5 Å². The summed E-state index contributed by atoms with van der Waals surface area (Å²) in [5.74, 6) is 0.0967. The quantitative estimate of drug-likeness (QED) is 0.448. The Morgan fingerprint density at radius 3 is 1.52 bits per heavy atom. The van der Waals surface area contributed by atoms with E-state index in [0.717, 1.165) is 0 Å². The fraction of sp³-hybridized carbons (Fsp3) is 0.125. The summed E-state index contributed by atoms with van der Waals surface area (Å²) < 4.78 is 15.7. The van der Waals surface area contributed by atoms with Crippen LogP contribution in [0.5, 0.6) is 17.2 Å². The number of esters is 2. The third kappa shape index (κ3) is 5.93. The zero-order valence-corrected chi connectivity index (χ0v) is 17.1. The predicted molar refractivity (Wildman–Crippen MR) is 115 cm³/mol. The summed E-state index contributed by atoms with van der Waals surface area (Å²) in [4.78, 5) is 35.9. The standard InChI is InChI=1S/C24H21NO6/c1-3-22(26)25-18-8-4-16(5-9-18)23(27)30-20-12-14-21(15-13-20)31-24(28)17-6-10-19(29-2)11-7-17/h4-15H,3H2,1-2H3,(H,25,26). The number of carbonyl (C=O) groups is 3. The summed E-state index contributed by atoms with van der Waals surface area (Å²) in [6, 6.07) is 19.1. The van der Waals surface area contributed by atoms with Crippen molar-refractivity contribution in [3.8, 4) is 17.2 Å². The van der Waals surface area contributed by atoms with Crippen LogP contribution in [-0.2, 0) is 4.79 Å². The first-order valence-corrected chi connectivity index (χ1v) is 9.57. The molecule has 0 unspecified atom stereocenters. The molecule has 0 aliphatic rings. The zero-order valence-electron chi connectivity index (χ0n) is 17.1. The van der Waals surface area contributed by atoms with Gasteiger partial charge in [-0.05, 0) is 72.8 Å². The molecule has 0 aliphatic heterocycles. The summed E-state index contributed by atoms with van der Waals surface area (Å²) in [6.07, 6.45) is 0.370. The number of hydrogen-bond acceptors (Lipinski definition) is 6. The van der Waals surface area contributed by atoms with Gasteiger partial charge in [0.05, 0.1) is 18.2 Å². The van der Waals surface area contributed by atoms with Gasteiger partial charge in [-0.2, -0.15) is 0 Å². The summed E-state index contributed by atoms with van der Waals surface area (Å²) >= 11 is 0. The molecule has 0 aliphatic carbocycles. The van der Waals surface area contributed by atoms with Gasteiger partial charge in [0, 0.05) is 12.1 Å². The first-order valence-electron chi connectivity index (χ1n) is 9.57. The van der Waals surface area contributed by atoms with Gasteiger partial charge < -0.3 is 19.5 Å². The van der Waals surface area contributed by atoms with Crippen molar-refractivity contribution in [1.82, 2.24) is 0 Å². The van der Waals surface area contributed by atoms with E-state index in [-0.39, 0.29) is 5.91 Å². The molecule has 3 aromatic carbocycles. The van der Waals surface area contributed by atoms with Crippen LogP contribution in [0.3, 0.4) is 0 Å². The number of methoxy groups -OCH3 is 1. The number of rotatable bonds is 7. The number of ether oxygens (including phenoxy) is 3. The lowest BCUT2D eigenvalue weighted by molar-refractivity contribution is -0.115. The maximum Gasteiger partial charge on any atom is 0.343 e. The minimum atomic E-state index is -0.545. The largest absolute Gasteiger partial charge is 0.497 e. The van der Waals surface area contributed by atoms with Gasteiger partial charge in [0.25, 0.3) is 0 Å². The Morgan fingerprint density at radius 1 is 0.677 bits per heavy atom. The molecule has 0 radical (unpaired) electrons. The molecule has 0 fully saturated rings. The monoisotopic (exact) mass is 419 g/mol. The van der Waals surface area contributed by atoms with Crippen LogP contribution in [-0.4, -0.2) is 25.0 Å². The maximum atomic E-state index is 12.3. The Morgan fingerprint density at radius 2 is 1.10 bits per heavy atom. The Kier molecular flexibility index (Phi) is 7.01. The van der Waals surface area contributed by atoms with Crippen LogP contribution in [0.4, 0.5) is 5.69 Å². The predicted octanol–water partition coefficient (Wildman–Crippen LogP) is 4.48. The van der Waals surface area contributed by atoms with Crippen molar-refractivity contribution in [2.45, 2.75) is 13.3 Å². The van der Waals surface area contributed by atoms with Gasteiger partial charge >= 0.3 is 11.9 Å². The van der Waals surface area contributed by atoms with Crippen LogP contribution in [0.25, 0.3) is 0 Å². The van der Waals surface area contributed by atoms with Gasteiger partial charge in [0.1, 0.15) is 17.2 Å². The first-order chi connectivity index (χ1) is 15.0. The molecule has 7 nitrogen and oxygen atoms in total. The molecular formula is C24H21NO6. The smallest absolute Gasteiger partial charge is 0.343 e. The number of nitrogens with one attached hydrogen (secondary N) is 1. The van der Waals surface area contributed by atoms with Crippen LogP contribution in [0.15, 0.2) is 72.8 Å². The van der Waals surface area contributed by atoms with Gasteiger partial charge in [-0.25, -0.2) is 9.59 Å². The van der Waals surface area contributed by atoms with E-state index >= 15 is 0 Å². The summed E-state index contributed by atoms with van der Waals surface area (Å²) in [6.45, 7) is 1.76. The SMILES string of the molecule is CCC(=O)Nc1ccc(C(=O)Oc2ccc(OC(=O)c3ccc(OC)cc3)cc2)cc1. The van der Waals surface area contributed by atoms with Gasteiger partial charge in [-0.15, -0.1) is 0 Å². The average molecular weight is 419 g/mol. The Hall–Kier alpha value is -4.13. The molecule has 3 aromatic rings. The van der Waals surface area contributed by atoms with E-state index in [1.165, 1.54) is 24.3 Å². The maximum absolute atomic E-state index is 12.3. The molecule has 7 heteroatoms. The lowest BCUT2D eigenvalue weighted by Gasteiger charge is -2.08. The average Bonchev–Trinajstić information content (AvgIpc) is 2.80. The minimum Gasteiger partial charge on any atom is -0.497 e. The van der Waals surface area contributed by atoms with Crippen molar-refractivity contribution < 1.29 is 28.6 Å². The number of anilines is 1. The highest BCUT2D eigenvalue weighted by molar-refractivity contribution is 5.94. The summed E-state index contributed by atoms with van der Waals surface area (Å²) in [5.41, 5.74) is 1.32. The molecule has 0 bridgehead atoms. The minimum absolute atomic E-state index is 0.108. The molecule has 0 saturated carbocycles. The lowest BCUT2D eigenvalue weighted by Crippen LogP contribution is -2.11. The fourth-order valence-electron chi connectivity index (χ4n) is 2.57. The molecule has 1 amide bonds. The van der Waals surface area contributed by atoms with Crippen LogP contribution in [0.1, 0.15) is 34.1 Å². The molecule has 0 aromatic heterocycles. The third-order valence-electron chi connectivity index (χ3n) is 4.30. The molecule has 0 saturated heterocycles. The molecule has 158 valence electrons. The van der Waals surface area contributed by atoms with E-state index in [0.29, 0.717) is 40.5 Å². The Balaban J connectivity index is 1.57. The van der Waals surface area contributed by atoms with Crippen LogP contribution >= 0.6 is 0 Å². The highest BCUT2D eigenvalue weighted by atomic mass is 16.5. The second-order valence-corrected chi connectivity index (χ2v) is 6.46. The lowest BCUT2D eigenvalue weighted by atomic mass is 10.2.